The molecular weight excluding hydrogens is 284 g/mol. The maximum atomic E-state index is 12.2. The third-order valence-electron chi connectivity index (χ3n) is 3.49. The molecule has 0 atom stereocenters. The molecule has 0 aliphatic carbocycles. The molecule has 3 rings (SSSR count). The third kappa shape index (κ3) is 2.88. The van der Waals surface area contributed by atoms with Gasteiger partial charge in [-0.25, -0.2) is 4.79 Å². The predicted octanol–water partition coefficient (Wildman–Crippen LogP) is 2.41. The van der Waals surface area contributed by atoms with Crippen LogP contribution in [0, 0.1) is 6.92 Å². The number of carbonyl (C=O) groups is 1. The lowest BCUT2D eigenvalue weighted by atomic mass is 10.0. The van der Waals surface area contributed by atoms with Crippen molar-refractivity contribution >= 4 is 11.7 Å². The average Bonchev–Trinajstić information content (AvgIpc) is 2.86. The minimum atomic E-state index is -0.153. The van der Waals surface area contributed by atoms with Gasteiger partial charge in [0.15, 0.2) is 5.82 Å². The molecule has 0 saturated carbocycles. The second kappa shape index (κ2) is 6.05. The second-order valence-electron chi connectivity index (χ2n) is 5.14. The molecule has 0 unspecified atom stereocenters. The van der Waals surface area contributed by atoms with E-state index in [0.717, 1.165) is 0 Å². The summed E-state index contributed by atoms with van der Waals surface area (Å²) in [6.07, 6.45) is 0. The van der Waals surface area contributed by atoms with Gasteiger partial charge in [-0.1, -0.05) is 17.3 Å². The number of aryl methyl sites for hydroxylation is 1. The number of carbonyl (C=O) groups excluding carboxylic acids is 1. The molecule has 1 N–H and O–H groups in total. The molecule has 0 bridgehead atoms. The van der Waals surface area contributed by atoms with Crippen LogP contribution >= 0.6 is 0 Å². The molecule has 116 valence electrons. The summed E-state index contributed by atoms with van der Waals surface area (Å²) in [5.41, 5.74) is 0.673. The van der Waals surface area contributed by atoms with Crippen LogP contribution in [0.4, 0.5) is 10.5 Å². The summed E-state index contributed by atoms with van der Waals surface area (Å²) in [6.45, 7) is 5.38. The van der Waals surface area contributed by atoms with Crippen LogP contribution in [0.25, 0.3) is 0 Å². The maximum Gasteiger partial charge on any atom is 0.321 e. The number of amides is 2. The minimum absolute atomic E-state index is 0.120. The Balaban J connectivity index is 1.58. The van der Waals surface area contributed by atoms with Crippen LogP contribution in [0.1, 0.15) is 24.6 Å². The lowest BCUT2D eigenvalue weighted by Gasteiger charge is -2.36. The van der Waals surface area contributed by atoms with Crippen molar-refractivity contribution in [2.75, 3.05) is 25.0 Å². The lowest BCUT2D eigenvalue weighted by Crippen LogP contribution is -2.50. The van der Waals surface area contributed by atoms with Crippen LogP contribution in [0.5, 0.6) is 5.75 Å². The Kier molecular flexibility index (Phi) is 3.95. The number of nitrogens with one attached hydrogen (secondary N) is 1. The first-order chi connectivity index (χ1) is 10.7. The van der Waals surface area contributed by atoms with Gasteiger partial charge < -0.3 is 19.5 Å². The second-order valence-corrected chi connectivity index (χ2v) is 5.14. The number of benzene rings is 1. The number of likely N-dealkylation sites (tertiary alicyclic amines) is 1. The third-order valence-corrected chi connectivity index (χ3v) is 3.49. The summed E-state index contributed by atoms with van der Waals surface area (Å²) in [4.78, 5) is 18.1. The van der Waals surface area contributed by atoms with E-state index in [9.17, 15) is 4.79 Å². The largest absolute Gasteiger partial charge is 0.492 e. The first-order valence-corrected chi connectivity index (χ1v) is 7.25. The van der Waals surface area contributed by atoms with Gasteiger partial charge in [-0.15, -0.1) is 0 Å². The molecule has 1 saturated heterocycles. The number of hydrogen-bond donors (Lipinski definition) is 1. The van der Waals surface area contributed by atoms with Gasteiger partial charge in [0.25, 0.3) is 0 Å². The molecule has 0 spiro atoms. The first-order valence-electron chi connectivity index (χ1n) is 7.25. The number of aromatic nitrogens is 2. The Morgan fingerprint density at radius 2 is 2.23 bits per heavy atom. The number of ether oxygens (including phenoxy) is 1. The Labute approximate surface area is 128 Å². The molecule has 1 aromatic carbocycles. The number of para-hydroxylation sites is 2. The Bertz CT molecular complexity index is 664. The summed E-state index contributed by atoms with van der Waals surface area (Å²) in [5.74, 6) is 2.00. The summed E-state index contributed by atoms with van der Waals surface area (Å²) < 4.78 is 10.6. The smallest absolute Gasteiger partial charge is 0.321 e. The van der Waals surface area contributed by atoms with E-state index in [1.807, 2.05) is 31.2 Å². The molecule has 7 heteroatoms. The number of urea groups is 1. The first kappa shape index (κ1) is 14.4. The molecule has 2 heterocycles. The van der Waals surface area contributed by atoms with Crippen molar-refractivity contribution in [3.8, 4) is 5.75 Å². The van der Waals surface area contributed by atoms with Crippen molar-refractivity contribution in [3.05, 3.63) is 36.0 Å². The minimum Gasteiger partial charge on any atom is -0.492 e. The van der Waals surface area contributed by atoms with Crippen molar-refractivity contribution in [1.29, 1.82) is 0 Å². The van der Waals surface area contributed by atoms with E-state index in [0.29, 0.717) is 42.8 Å². The van der Waals surface area contributed by atoms with Crippen molar-refractivity contribution in [3.63, 3.8) is 0 Å². The molecule has 1 aliphatic heterocycles. The summed E-state index contributed by atoms with van der Waals surface area (Å²) in [5, 5.41) is 6.64. The maximum absolute atomic E-state index is 12.2. The molecule has 7 nitrogen and oxygen atoms in total. The Hall–Kier alpha value is -2.57. The van der Waals surface area contributed by atoms with E-state index in [4.69, 9.17) is 9.26 Å². The van der Waals surface area contributed by atoms with Crippen LogP contribution in [-0.4, -0.2) is 40.8 Å². The zero-order chi connectivity index (χ0) is 15.5. The van der Waals surface area contributed by atoms with Crippen molar-refractivity contribution < 1.29 is 14.1 Å². The fourth-order valence-electron chi connectivity index (χ4n) is 2.33. The van der Waals surface area contributed by atoms with Gasteiger partial charge in [-0.3, -0.25) is 0 Å². The molecule has 2 amide bonds. The molecule has 1 aliphatic rings. The van der Waals surface area contributed by atoms with Gasteiger partial charge in [0.05, 0.1) is 18.2 Å². The normalized spacial score (nSPS) is 14.5. The van der Waals surface area contributed by atoms with Crippen molar-refractivity contribution in [2.24, 2.45) is 0 Å². The Morgan fingerprint density at radius 3 is 2.91 bits per heavy atom. The molecule has 1 aromatic heterocycles. The highest BCUT2D eigenvalue weighted by molar-refractivity contribution is 5.91. The summed E-state index contributed by atoms with van der Waals surface area (Å²) in [6, 6.07) is 7.23. The number of nitrogens with zero attached hydrogens (tertiary/aromatic N) is 3. The number of hydrogen-bond acceptors (Lipinski definition) is 5. The van der Waals surface area contributed by atoms with E-state index in [-0.39, 0.29) is 11.9 Å². The fourth-order valence-corrected chi connectivity index (χ4v) is 2.33. The van der Waals surface area contributed by atoms with Gasteiger partial charge in [-0.05, 0) is 26.0 Å². The quantitative estimate of drug-likeness (QED) is 0.938. The van der Waals surface area contributed by atoms with Gasteiger partial charge >= 0.3 is 6.03 Å². The lowest BCUT2D eigenvalue weighted by molar-refractivity contribution is 0.147. The van der Waals surface area contributed by atoms with E-state index in [2.05, 4.69) is 15.5 Å². The zero-order valence-corrected chi connectivity index (χ0v) is 12.6. The van der Waals surface area contributed by atoms with Crippen LogP contribution in [0.15, 0.2) is 28.8 Å². The monoisotopic (exact) mass is 302 g/mol. The van der Waals surface area contributed by atoms with E-state index < -0.39 is 0 Å². The van der Waals surface area contributed by atoms with Crippen LogP contribution in [0.3, 0.4) is 0 Å². The van der Waals surface area contributed by atoms with Gasteiger partial charge in [0.2, 0.25) is 5.89 Å². The fraction of sp³-hybridized carbons (Fsp3) is 0.400. The molecule has 1 fully saturated rings. The van der Waals surface area contributed by atoms with Gasteiger partial charge in [0.1, 0.15) is 5.75 Å². The zero-order valence-electron chi connectivity index (χ0n) is 12.6. The SMILES string of the molecule is CCOc1ccccc1NC(=O)N1CC(c2nc(C)no2)C1. The average molecular weight is 302 g/mol. The van der Waals surface area contributed by atoms with E-state index >= 15 is 0 Å². The highest BCUT2D eigenvalue weighted by Crippen LogP contribution is 2.28. The standard InChI is InChI=1S/C15H18N4O3/c1-3-21-13-7-5-4-6-12(13)17-15(20)19-8-11(9-19)14-16-10(2)18-22-14/h4-7,11H,3,8-9H2,1-2H3,(H,17,20). The Morgan fingerprint density at radius 1 is 1.45 bits per heavy atom. The van der Waals surface area contributed by atoms with Crippen molar-refractivity contribution in [1.82, 2.24) is 15.0 Å². The van der Waals surface area contributed by atoms with E-state index in [1.54, 1.807) is 11.8 Å². The molecular formula is C15H18N4O3. The highest BCUT2D eigenvalue weighted by atomic mass is 16.5. The number of rotatable bonds is 4. The van der Waals surface area contributed by atoms with Gasteiger partial charge in [0, 0.05) is 13.1 Å². The molecule has 0 radical (unpaired) electrons. The van der Waals surface area contributed by atoms with E-state index in [1.165, 1.54) is 0 Å². The summed E-state index contributed by atoms with van der Waals surface area (Å²) >= 11 is 0. The van der Waals surface area contributed by atoms with Crippen LogP contribution in [0.2, 0.25) is 0 Å². The molecule has 2 aromatic rings. The topological polar surface area (TPSA) is 80.5 Å². The summed E-state index contributed by atoms with van der Waals surface area (Å²) in [7, 11) is 0. The molecule has 22 heavy (non-hydrogen) atoms. The highest BCUT2D eigenvalue weighted by Gasteiger charge is 2.35. The van der Waals surface area contributed by atoms with Crippen molar-refractivity contribution in [2.45, 2.75) is 19.8 Å². The number of anilines is 1. The van der Waals surface area contributed by atoms with Gasteiger partial charge in [-0.2, -0.15) is 4.98 Å². The van der Waals surface area contributed by atoms with Crippen LogP contribution < -0.4 is 10.1 Å². The predicted molar refractivity (Wildman–Crippen MR) is 80.0 cm³/mol. The van der Waals surface area contributed by atoms with Crippen LogP contribution in [-0.2, 0) is 0 Å².